The Balaban J connectivity index is 1.78. The van der Waals surface area contributed by atoms with Gasteiger partial charge in [-0.3, -0.25) is 4.79 Å². The van der Waals surface area contributed by atoms with E-state index in [1.165, 1.54) is 0 Å². The number of rotatable bonds is 6. The summed E-state index contributed by atoms with van der Waals surface area (Å²) in [6.45, 7) is 1.96. The maximum Gasteiger partial charge on any atom is 0.293 e. The fourth-order valence-electron chi connectivity index (χ4n) is 2.59. The van der Waals surface area contributed by atoms with Gasteiger partial charge in [-0.1, -0.05) is 60.2 Å². The van der Waals surface area contributed by atoms with Gasteiger partial charge >= 0.3 is 0 Å². The number of carbonyl (C=O) groups is 1. The maximum absolute atomic E-state index is 12.6. The Labute approximate surface area is 164 Å². The highest BCUT2D eigenvalue weighted by Gasteiger charge is 2.16. The first-order valence-corrected chi connectivity index (χ1v) is 8.78. The molecule has 3 rings (SSSR count). The molecule has 0 heterocycles. The molecule has 3 aromatic rings. The average molecular weight is 371 g/mol. The number of hydrogen-bond donors (Lipinski definition) is 3. The molecule has 0 fully saturated rings. The van der Waals surface area contributed by atoms with Crippen LogP contribution < -0.4 is 15.8 Å². The van der Waals surface area contributed by atoms with Gasteiger partial charge in [-0.2, -0.15) is 0 Å². The van der Waals surface area contributed by atoms with Gasteiger partial charge in [0.25, 0.3) is 5.91 Å². The lowest BCUT2D eigenvalue weighted by Crippen LogP contribution is -2.23. The van der Waals surface area contributed by atoms with Gasteiger partial charge in [0.05, 0.1) is 5.70 Å². The summed E-state index contributed by atoms with van der Waals surface area (Å²) in [5, 5.41) is 10.1. The summed E-state index contributed by atoms with van der Waals surface area (Å²) in [7, 11) is 0. The Hall–Kier alpha value is -3.86. The minimum Gasteiger partial charge on any atom is -0.449 e. The molecule has 1 amide bonds. The van der Waals surface area contributed by atoms with Gasteiger partial charge in [0.15, 0.2) is 0 Å². The van der Waals surface area contributed by atoms with Crippen molar-refractivity contribution in [3.8, 4) is 16.9 Å². The Bertz CT molecular complexity index is 992. The zero-order chi connectivity index (χ0) is 19.9. The van der Waals surface area contributed by atoms with Crippen LogP contribution in [0.25, 0.3) is 11.1 Å². The molecule has 0 unspecified atom stereocenters. The highest BCUT2D eigenvalue weighted by Crippen LogP contribution is 2.23. The fraction of sp³-hybridized carbons (Fsp3) is 0.0435. The van der Waals surface area contributed by atoms with Gasteiger partial charge in [-0.05, 0) is 42.3 Å². The van der Waals surface area contributed by atoms with E-state index in [2.05, 4.69) is 5.32 Å². The molecule has 3 aromatic carbocycles. The topological polar surface area (TPSA) is 88.2 Å². The van der Waals surface area contributed by atoms with E-state index in [9.17, 15) is 4.79 Å². The van der Waals surface area contributed by atoms with Crippen molar-refractivity contribution < 1.29 is 9.53 Å². The summed E-state index contributed by atoms with van der Waals surface area (Å²) in [6.07, 6.45) is 0.891. The molecule has 0 spiro atoms. The van der Waals surface area contributed by atoms with E-state index in [1.54, 1.807) is 24.3 Å². The third-order valence-corrected chi connectivity index (χ3v) is 4.11. The van der Waals surface area contributed by atoms with Gasteiger partial charge in [0.1, 0.15) is 5.75 Å². The van der Waals surface area contributed by atoms with Crippen LogP contribution in [0.15, 0.2) is 90.3 Å². The molecule has 0 bridgehead atoms. The molecule has 0 aliphatic carbocycles. The lowest BCUT2D eigenvalue weighted by Gasteiger charge is -2.13. The predicted octanol–water partition coefficient (Wildman–Crippen LogP) is 4.50. The lowest BCUT2D eigenvalue weighted by molar-refractivity contribution is -0.114. The summed E-state index contributed by atoms with van der Waals surface area (Å²) in [5.41, 5.74) is 9.58. The first-order valence-electron chi connectivity index (χ1n) is 8.78. The van der Waals surface area contributed by atoms with E-state index in [0.29, 0.717) is 11.4 Å². The molecule has 0 aromatic heterocycles. The number of ether oxygens (including phenoxy) is 1. The number of nitrogens with two attached hydrogens (primary N) is 1. The minimum absolute atomic E-state index is 0.0586. The third kappa shape index (κ3) is 4.65. The second-order valence-corrected chi connectivity index (χ2v) is 6.24. The number of carbonyl (C=O) groups excluding carboxylic acids is 1. The van der Waals surface area contributed by atoms with Crippen LogP contribution in [0, 0.1) is 12.3 Å². The van der Waals surface area contributed by atoms with Crippen molar-refractivity contribution in [1.82, 2.24) is 0 Å². The highest BCUT2D eigenvalue weighted by molar-refractivity contribution is 6.05. The van der Waals surface area contributed by atoms with Gasteiger partial charge < -0.3 is 21.2 Å². The normalized spacial score (nSPS) is 11.3. The minimum atomic E-state index is -0.517. The van der Waals surface area contributed by atoms with Crippen molar-refractivity contribution in [3.63, 3.8) is 0 Å². The number of anilines is 1. The molecular weight excluding hydrogens is 350 g/mol. The number of amides is 1. The van der Waals surface area contributed by atoms with Crippen molar-refractivity contribution in [2.75, 3.05) is 5.32 Å². The Morgan fingerprint density at radius 2 is 1.54 bits per heavy atom. The quantitative estimate of drug-likeness (QED) is 0.339. The monoisotopic (exact) mass is 371 g/mol. The van der Waals surface area contributed by atoms with Crippen LogP contribution in [0.3, 0.4) is 0 Å². The van der Waals surface area contributed by atoms with Crippen molar-refractivity contribution in [2.24, 2.45) is 5.73 Å². The predicted molar refractivity (Wildman–Crippen MR) is 112 cm³/mol. The summed E-state index contributed by atoms with van der Waals surface area (Å²) < 4.78 is 5.71. The zero-order valence-electron chi connectivity index (χ0n) is 15.5. The highest BCUT2D eigenvalue weighted by atomic mass is 16.5. The maximum atomic E-state index is 12.6. The van der Waals surface area contributed by atoms with Gasteiger partial charge in [-0.25, -0.2) is 0 Å². The molecular formula is C23H21N3O2. The van der Waals surface area contributed by atoms with E-state index in [-0.39, 0.29) is 11.5 Å². The van der Waals surface area contributed by atoms with Gasteiger partial charge in [-0.15, -0.1) is 0 Å². The summed E-state index contributed by atoms with van der Waals surface area (Å²) in [4.78, 5) is 12.6. The van der Waals surface area contributed by atoms with E-state index >= 15 is 0 Å². The molecule has 140 valence electrons. The van der Waals surface area contributed by atoms with Crippen molar-refractivity contribution in [3.05, 3.63) is 95.9 Å². The van der Waals surface area contributed by atoms with Crippen molar-refractivity contribution >= 4 is 17.8 Å². The number of hydrogen-bond acceptors (Lipinski definition) is 4. The number of aryl methyl sites for hydroxylation is 1. The Kier molecular flexibility index (Phi) is 5.87. The largest absolute Gasteiger partial charge is 0.449 e. The van der Waals surface area contributed by atoms with Crippen LogP contribution in [-0.2, 0) is 4.79 Å². The van der Waals surface area contributed by atoms with E-state index in [4.69, 9.17) is 15.9 Å². The van der Waals surface area contributed by atoms with E-state index < -0.39 is 5.91 Å². The third-order valence-electron chi connectivity index (χ3n) is 4.11. The van der Waals surface area contributed by atoms with Crippen LogP contribution in [0.5, 0.6) is 5.75 Å². The molecule has 5 heteroatoms. The standard InChI is InChI=1S/C23H21N3O2/c1-16-7-11-19(12-8-16)26-23(27)22(21(25)15-24)28-20-13-9-18(10-14-20)17-5-3-2-4-6-17/h2-15,24H,25H2,1H3,(H,26,27)/b22-21-,24-15?. The molecule has 0 aliphatic heterocycles. The second kappa shape index (κ2) is 8.68. The Morgan fingerprint density at radius 3 is 2.14 bits per heavy atom. The van der Waals surface area contributed by atoms with Crippen molar-refractivity contribution in [2.45, 2.75) is 6.92 Å². The summed E-state index contributed by atoms with van der Waals surface area (Å²) in [5.74, 6) is -0.182. The SMILES string of the molecule is Cc1ccc(NC(=O)/C(Oc2ccc(-c3ccccc3)cc2)=C(/N)C=N)cc1. The van der Waals surface area contributed by atoms with Gasteiger partial charge in [0, 0.05) is 11.9 Å². The molecule has 28 heavy (non-hydrogen) atoms. The molecule has 0 saturated carbocycles. The van der Waals surface area contributed by atoms with Crippen molar-refractivity contribution in [1.29, 1.82) is 5.41 Å². The van der Waals surface area contributed by atoms with Crippen LogP contribution >= 0.6 is 0 Å². The molecule has 0 atom stereocenters. The first kappa shape index (κ1) is 18.9. The molecule has 0 saturated heterocycles. The number of benzene rings is 3. The van der Waals surface area contributed by atoms with Crippen LogP contribution in [0.1, 0.15) is 5.56 Å². The molecule has 4 N–H and O–H groups in total. The smallest absolute Gasteiger partial charge is 0.293 e. The molecule has 5 nitrogen and oxygen atoms in total. The summed E-state index contributed by atoms with van der Waals surface area (Å²) in [6, 6.07) is 24.6. The fourth-order valence-corrected chi connectivity index (χ4v) is 2.59. The van der Waals surface area contributed by atoms with Crippen LogP contribution in [0.2, 0.25) is 0 Å². The molecule has 0 radical (unpaired) electrons. The van der Waals surface area contributed by atoms with Crippen LogP contribution in [-0.4, -0.2) is 12.1 Å². The lowest BCUT2D eigenvalue weighted by atomic mass is 10.1. The van der Waals surface area contributed by atoms with Gasteiger partial charge in [0.2, 0.25) is 5.76 Å². The first-order chi connectivity index (χ1) is 13.6. The van der Waals surface area contributed by atoms with E-state index in [1.807, 2.05) is 61.5 Å². The zero-order valence-corrected chi connectivity index (χ0v) is 15.5. The number of nitrogens with one attached hydrogen (secondary N) is 2. The van der Waals surface area contributed by atoms with E-state index in [0.717, 1.165) is 22.9 Å². The Morgan fingerprint density at radius 1 is 0.929 bits per heavy atom. The number of allylic oxidation sites excluding steroid dienone is 1. The molecule has 0 aliphatic rings. The second-order valence-electron chi connectivity index (χ2n) is 6.24. The van der Waals surface area contributed by atoms with Crippen LogP contribution in [0.4, 0.5) is 5.69 Å². The summed E-state index contributed by atoms with van der Waals surface area (Å²) >= 11 is 0. The average Bonchev–Trinajstić information content (AvgIpc) is 2.74.